The minimum absolute atomic E-state index is 0.0116. The van der Waals surface area contributed by atoms with Gasteiger partial charge in [-0.25, -0.2) is 9.07 Å². The van der Waals surface area contributed by atoms with Gasteiger partial charge in [0, 0.05) is 31.0 Å². The number of nitrogens with two attached hydrogens (primary N) is 1. The smallest absolute Gasteiger partial charge is 0.222 e. The second kappa shape index (κ2) is 8.94. The number of benzene rings is 1. The first-order valence-corrected chi connectivity index (χ1v) is 10.7. The van der Waals surface area contributed by atoms with Gasteiger partial charge in [-0.3, -0.25) is 9.59 Å². The molecule has 0 spiro atoms. The number of Topliss-reactive ketones (excluding diaryl/α,β-unsaturated/α-hetero) is 1. The highest BCUT2D eigenvalue weighted by Crippen LogP contribution is 2.26. The highest BCUT2D eigenvalue weighted by molar-refractivity contribution is 6.02. The van der Waals surface area contributed by atoms with Gasteiger partial charge in [0.1, 0.15) is 17.4 Å². The predicted molar refractivity (Wildman–Crippen MR) is 116 cm³/mol. The Morgan fingerprint density at radius 2 is 2.00 bits per heavy atom. The van der Waals surface area contributed by atoms with E-state index in [1.165, 1.54) is 23.0 Å². The average molecular weight is 439 g/mol. The second-order valence-corrected chi connectivity index (χ2v) is 8.18. The van der Waals surface area contributed by atoms with Gasteiger partial charge < -0.3 is 15.2 Å². The van der Waals surface area contributed by atoms with E-state index in [4.69, 9.17) is 10.3 Å². The van der Waals surface area contributed by atoms with Crippen LogP contribution in [0.3, 0.4) is 0 Å². The highest BCUT2D eigenvalue weighted by atomic mass is 19.1. The summed E-state index contributed by atoms with van der Waals surface area (Å²) in [6, 6.07) is 5.72. The van der Waals surface area contributed by atoms with E-state index in [9.17, 15) is 14.0 Å². The van der Waals surface area contributed by atoms with Gasteiger partial charge in [-0.1, -0.05) is 5.16 Å². The van der Waals surface area contributed by atoms with Crippen LogP contribution >= 0.6 is 0 Å². The van der Waals surface area contributed by atoms with Crippen molar-refractivity contribution in [2.24, 2.45) is 5.92 Å². The number of rotatable bonds is 6. The molecule has 1 atom stereocenters. The lowest BCUT2D eigenvalue weighted by Crippen LogP contribution is -2.42. The van der Waals surface area contributed by atoms with Gasteiger partial charge in [-0.15, -0.1) is 0 Å². The van der Waals surface area contributed by atoms with Crippen molar-refractivity contribution in [3.05, 3.63) is 58.9 Å². The third-order valence-corrected chi connectivity index (χ3v) is 6.06. The number of carbonyl (C=O) groups is 2. The first-order chi connectivity index (χ1) is 15.3. The Morgan fingerprint density at radius 3 is 2.69 bits per heavy atom. The molecule has 9 heteroatoms. The highest BCUT2D eigenvalue weighted by Gasteiger charge is 2.31. The molecule has 1 fully saturated rings. The third-order valence-electron chi connectivity index (χ3n) is 6.06. The van der Waals surface area contributed by atoms with Gasteiger partial charge >= 0.3 is 0 Å². The number of hydrogen-bond donors (Lipinski definition) is 1. The van der Waals surface area contributed by atoms with Crippen LogP contribution in [0, 0.1) is 25.6 Å². The Kier molecular flexibility index (Phi) is 6.07. The molecule has 0 unspecified atom stereocenters. The monoisotopic (exact) mass is 439 g/mol. The molecule has 1 aromatic carbocycles. The Bertz CT molecular complexity index is 1120. The van der Waals surface area contributed by atoms with Crippen molar-refractivity contribution >= 4 is 17.5 Å². The van der Waals surface area contributed by atoms with E-state index < -0.39 is 0 Å². The molecule has 0 aliphatic carbocycles. The molecule has 2 aromatic heterocycles. The number of ketones is 1. The van der Waals surface area contributed by atoms with E-state index in [0.29, 0.717) is 43.6 Å². The van der Waals surface area contributed by atoms with Crippen molar-refractivity contribution in [2.75, 3.05) is 18.8 Å². The maximum absolute atomic E-state index is 13.2. The zero-order valence-corrected chi connectivity index (χ0v) is 18.2. The summed E-state index contributed by atoms with van der Waals surface area (Å²) in [7, 11) is 0. The summed E-state index contributed by atoms with van der Waals surface area (Å²) >= 11 is 0. The fourth-order valence-corrected chi connectivity index (χ4v) is 4.22. The summed E-state index contributed by atoms with van der Waals surface area (Å²) in [4.78, 5) is 27.7. The van der Waals surface area contributed by atoms with Crippen LogP contribution in [0.4, 0.5) is 10.2 Å². The molecular formula is C23H26FN5O3. The van der Waals surface area contributed by atoms with Crippen LogP contribution in [0.15, 0.2) is 35.0 Å². The molecule has 168 valence electrons. The van der Waals surface area contributed by atoms with Crippen LogP contribution in [-0.2, 0) is 11.2 Å². The van der Waals surface area contributed by atoms with Gasteiger partial charge in [0.2, 0.25) is 5.91 Å². The number of amides is 1. The van der Waals surface area contributed by atoms with Gasteiger partial charge in [-0.05, 0) is 57.4 Å². The van der Waals surface area contributed by atoms with E-state index in [1.54, 1.807) is 17.0 Å². The number of aryl methyl sites for hydroxylation is 2. The van der Waals surface area contributed by atoms with E-state index in [1.807, 2.05) is 13.8 Å². The number of likely N-dealkylation sites (tertiary alicyclic amines) is 1. The Labute approximate surface area is 185 Å². The van der Waals surface area contributed by atoms with Gasteiger partial charge in [0.25, 0.3) is 0 Å². The molecule has 1 amide bonds. The number of nitrogens with zero attached hydrogens (tertiary/aromatic N) is 4. The molecule has 3 heterocycles. The Hall–Kier alpha value is -3.49. The third kappa shape index (κ3) is 4.28. The molecule has 8 nitrogen and oxygen atoms in total. The standard InChI is InChI=1S/C23H26FN5O3/c1-14-19(15(2)32-27-14)9-10-21(30)28-11-3-4-16(13-28)22(31)20-12-26-29(23(20)25)18-7-5-17(24)6-8-18/h5-8,12,16H,3-4,9-11,13,25H2,1-2H3/t16-/m0/s1. The molecule has 3 aromatic rings. The van der Waals surface area contributed by atoms with Crippen LogP contribution in [0.2, 0.25) is 0 Å². The van der Waals surface area contributed by atoms with Crippen LogP contribution in [0.1, 0.15) is 46.6 Å². The lowest BCUT2D eigenvalue weighted by molar-refractivity contribution is -0.132. The summed E-state index contributed by atoms with van der Waals surface area (Å²) in [5.41, 5.74) is 8.86. The molecule has 2 N–H and O–H groups in total. The molecule has 4 rings (SSSR count). The number of hydrogen-bond acceptors (Lipinski definition) is 6. The molecule has 1 saturated heterocycles. The van der Waals surface area contributed by atoms with Crippen molar-refractivity contribution in [2.45, 2.75) is 39.5 Å². The Morgan fingerprint density at radius 1 is 1.25 bits per heavy atom. The maximum atomic E-state index is 13.2. The summed E-state index contributed by atoms with van der Waals surface area (Å²) in [6.07, 6.45) is 3.79. The number of carbonyl (C=O) groups excluding carboxylic acids is 2. The van der Waals surface area contributed by atoms with E-state index in [-0.39, 0.29) is 29.2 Å². The molecule has 0 saturated carbocycles. The minimum atomic E-state index is -0.364. The van der Waals surface area contributed by atoms with Crippen molar-refractivity contribution in [3.8, 4) is 5.69 Å². The summed E-state index contributed by atoms with van der Waals surface area (Å²) in [6.45, 7) is 4.70. The molecule has 1 aliphatic heterocycles. The van der Waals surface area contributed by atoms with Crippen molar-refractivity contribution < 1.29 is 18.5 Å². The van der Waals surface area contributed by atoms with Crippen molar-refractivity contribution in [3.63, 3.8) is 0 Å². The zero-order chi connectivity index (χ0) is 22.8. The number of aromatic nitrogens is 3. The van der Waals surface area contributed by atoms with E-state index in [0.717, 1.165) is 23.4 Å². The lowest BCUT2D eigenvalue weighted by atomic mass is 9.90. The quantitative estimate of drug-likeness (QED) is 0.591. The minimum Gasteiger partial charge on any atom is -0.383 e. The molecule has 32 heavy (non-hydrogen) atoms. The number of piperidine rings is 1. The average Bonchev–Trinajstić information content (AvgIpc) is 3.33. The molecule has 0 bridgehead atoms. The number of halogens is 1. The fraction of sp³-hybridized carbons (Fsp3) is 0.391. The fourth-order valence-electron chi connectivity index (χ4n) is 4.22. The SMILES string of the molecule is Cc1noc(C)c1CCC(=O)N1CCC[C@H](C(=O)c2cnn(-c3ccc(F)cc3)c2N)C1. The summed E-state index contributed by atoms with van der Waals surface area (Å²) in [5.74, 6) is 0.132. The van der Waals surface area contributed by atoms with E-state index >= 15 is 0 Å². The topological polar surface area (TPSA) is 107 Å². The number of nitrogen functional groups attached to an aromatic ring is 1. The summed E-state index contributed by atoms with van der Waals surface area (Å²) in [5, 5.41) is 8.14. The first kappa shape index (κ1) is 21.7. The van der Waals surface area contributed by atoms with Gasteiger partial charge in [0.15, 0.2) is 5.78 Å². The van der Waals surface area contributed by atoms with Crippen LogP contribution in [0.5, 0.6) is 0 Å². The normalized spacial score (nSPS) is 16.3. The molecule has 1 aliphatic rings. The largest absolute Gasteiger partial charge is 0.383 e. The maximum Gasteiger partial charge on any atom is 0.222 e. The predicted octanol–water partition coefficient (Wildman–Crippen LogP) is 3.25. The Balaban J connectivity index is 1.42. The molecular weight excluding hydrogens is 413 g/mol. The molecule has 0 radical (unpaired) electrons. The van der Waals surface area contributed by atoms with Crippen molar-refractivity contribution in [1.29, 1.82) is 0 Å². The van der Waals surface area contributed by atoms with E-state index in [2.05, 4.69) is 10.3 Å². The van der Waals surface area contributed by atoms with Crippen molar-refractivity contribution in [1.82, 2.24) is 19.8 Å². The second-order valence-electron chi connectivity index (χ2n) is 8.18. The first-order valence-electron chi connectivity index (χ1n) is 10.7. The number of anilines is 1. The van der Waals surface area contributed by atoms with Crippen LogP contribution in [-0.4, -0.2) is 44.6 Å². The van der Waals surface area contributed by atoms with Crippen LogP contribution < -0.4 is 5.73 Å². The van der Waals surface area contributed by atoms with Gasteiger partial charge in [-0.2, -0.15) is 5.10 Å². The lowest BCUT2D eigenvalue weighted by Gasteiger charge is -2.32. The zero-order valence-electron chi connectivity index (χ0n) is 18.2. The van der Waals surface area contributed by atoms with Crippen LogP contribution in [0.25, 0.3) is 5.69 Å². The summed E-state index contributed by atoms with van der Waals surface area (Å²) < 4.78 is 19.8. The van der Waals surface area contributed by atoms with Gasteiger partial charge in [0.05, 0.1) is 23.1 Å².